The fourth-order valence-corrected chi connectivity index (χ4v) is 1.87. The summed E-state index contributed by atoms with van der Waals surface area (Å²) >= 11 is 0. The molecule has 1 N–H and O–H groups in total. The summed E-state index contributed by atoms with van der Waals surface area (Å²) in [5, 5.41) is 7.11. The first-order valence-corrected chi connectivity index (χ1v) is 7.36. The van der Waals surface area contributed by atoms with Gasteiger partial charge in [0, 0.05) is 19.7 Å². The summed E-state index contributed by atoms with van der Waals surface area (Å²) in [6.07, 6.45) is 1.55. The van der Waals surface area contributed by atoms with E-state index in [2.05, 4.69) is 15.5 Å². The van der Waals surface area contributed by atoms with Gasteiger partial charge in [0.1, 0.15) is 24.3 Å². The first-order valence-electron chi connectivity index (χ1n) is 7.36. The normalized spacial score (nSPS) is 10.8. The second-order valence-electron chi connectivity index (χ2n) is 4.74. The van der Waals surface area contributed by atoms with Gasteiger partial charge in [0.2, 0.25) is 0 Å². The minimum Gasteiger partial charge on any atom is -0.492 e. The van der Waals surface area contributed by atoms with Crippen LogP contribution in [0.5, 0.6) is 5.75 Å². The van der Waals surface area contributed by atoms with Crippen LogP contribution in [-0.4, -0.2) is 42.8 Å². The molecular weight excluding hydrogens is 407 g/mol. The molecule has 0 saturated carbocycles. The first-order chi connectivity index (χ1) is 10.8. The summed E-state index contributed by atoms with van der Waals surface area (Å²) in [6.45, 7) is 4.67. The molecule has 0 amide bonds. The van der Waals surface area contributed by atoms with Crippen molar-refractivity contribution in [2.24, 2.45) is 4.99 Å². The van der Waals surface area contributed by atoms with Crippen molar-refractivity contribution in [2.75, 3.05) is 26.7 Å². The van der Waals surface area contributed by atoms with Crippen LogP contribution in [-0.2, 0) is 6.54 Å². The summed E-state index contributed by atoms with van der Waals surface area (Å²) < 4.78 is 10.5. The molecule has 0 aliphatic heterocycles. The highest BCUT2D eigenvalue weighted by atomic mass is 127. The van der Waals surface area contributed by atoms with Crippen LogP contribution < -0.4 is 10.1 Å². The third-order valence-corrected chi connectivity index (χ3v) is 3.02. The molecule has 7 heteroatoms. The van der Waals surface area contributed by atoms with Crippen molar-refractivity contribution in [1.29, 1.82) is 0 Å². The van der Waals surface area contributed by atoms with Crippen LogP contribution in [0.15, 0.2) is 52.2 Å². The van der Waals surface area contributed by atoms with Crippen molar-refractivity contribution in [3.63, 3.8) is 0 Å². The third kappa shape index (κ3) is 6.89. The number of aromatic nitrogens is 1. The summed E-state index contributed by atoms with van der Waals surface area (Å²) in [5.74, 6) is 1.70. The molecular formula is C16H23IN4O2. The van der Waals surface area contributed by atoms with Gasteiger partial charge in [-0.2, -0.15) is 0 Å². The zero-order valence-electron chi connectivity index (χ0n) is 13.4. The Bertz CT molecular complexity index is 561. The molecule has 0 saturated heterocycles. The maximum absolute atomic E-state index is 5.70. The molecule has 0 aliphatic rings. The van der Waals surface area contributed by atoms with Crippen molar-refractivity contribution >= 4 is 29.9 Å². The first kappa shape index (κ1) is 19.3. The largest absolute Gasteiger partial charge is 0.492 e. The summed E-state index contributed by atoms with van der Waals surface area (Å²) in [6, 6.07) is 11.6. The van der Waals surface area contributed by atoms with Crippen LogP contribution in [0, 0.1) is 0 Å². The summed E-state index contributed by atoms with van der Waals surface area (Å²) in [5.41, 5.74) is 0.810. The van der Waals surface area contributed by atoms with Crippen LogP contribution >= 0.6 is 24.0 Å². The van der Waals surface area contributed by atoms with Crippen LogP contribution in [0.4, 0.5) is 0 Å². The van der Waals surface area contributed by atoms with Gasteiger partial charge < -0.3 is 19.5 Å². The Labute approximate surface area is 153 Å². The summed E-state index contributed by atoms with van der Waals surface area (Å²) in [7, 11) is 1.98. The SMILES string of the molecule is CCNC(=NCc1ccon1)N(C)CCOc1ccccc1.I. The molecule has 0 spiro atoms. The van der Waals surface area contributed by atoms with Crippen molar-refractivity contribution in [2.45, 2.75) is 13.5 Å². The Morgan fingerprint density at radius 1 is 1.30 bits per heavy atom. The van der Waals surface area contributed by atoms with E-state index in [0.29, 0.717) is 13.2 Å². The Morgan fingerprint density at radius 3 is 2.74 bits per heavy atom. The van der Waals surface area contributed by atoms with Gasteiger partial charge in [0.25, 0.3) is 0 Å². The molecule has 23 heavy (non-hydrogen) atoms. The smallest absolute Gasteiger partial charge is 0.194 e. The molecule has 2 aromatic rings. The predicted octanol–water partition coefficient (Wildman–Crippen LogP) is 2.77. The number of nitrogens with one attached hydrogen (secondary N) is 1. The summed E-state index contributed by atoms with van der Waals surface area (Å²) in [4.78, 5) is 6.57. The van der Waals surface area contributed by atoms with Crippen molar-refractivity contribution < 1.29 is 9.26 Å². The van der Waals surface area contributed by atoms with E-state index >= 15 is 0 Å². The molecule has 0 fully saturated rings. The van der Waals surface area contributed by atoms with E-state index in [4.69, 9.17) is 9.26 Å². The maximum atomic E-state index is 5.70. The number of aliphatic imine (C=N–C) groups is 1. The van der Waals surface area contributed by atoms with Crippen LogP contribution in [0.25, 0.3) is 0 Å². The van der Waals surface area contributed by atoms with Gasteiger partial charge in [-0.15, -0.1) is 24.0 Å². The van der Waals surface area contributed by atoms with E-state index in [1.54, 1.807) is 6.26 Å². The molecule has 0 atom stereocenters. The minimum atomic E-state index is 0. The van der Waals surface area contributed by atoms with Gasteiger partial charge >= 0.3 is 0 Å². The van der Waals surface area contributed by atoms with Gasteiger partial charge in [-0.25, -0.2) is 4.99 Å². The lowest BCUT2D eigenvalue weighted by Gasteiger charge is -2.22. The second kappa shape index (κ2) is 10.9. The maximum Gasteiger partial charge on any atom is 0.194 e. The standard InChI is InChI=1S/C16H22N4O2.HI/c1-3-17-16(18-13-14-9-11-22-19-14)20(2)10-12-21-15-7-5-4-6-8-15;/h4-9,11H,3,10,12-13H2,1-2H3,(H,17,18);1H. The van der Waals surface area contributed by atoms with E-state index in [-0.39, 0.29) is 24.0 Å². The zero-order valence-corrected chi connectivity index (χ0v) is 15.8. The molecule has 126 valence electrons. The highest BCUT2D eigenvalue weighted by Gasteiger charge is 2.06. The molecule has 1 aromatic heterocycles. The number of para-hydroxylation sites is 1. The van der Waals surface area contributed by atoms with E-state index < -0.39 is 0 Å². The van der Waals surface area contributed by atoms with Crippen LogP contribution in [0.1, 0.15) is 12.6 Å². The Hall–Kier alpha value is -1.77. The molecule has 0 bridgehead atoms. The molecule has 0 unspecified atom stereocenters. The third-order valence-electron chi connectivity index (χ3n) is 3.02. The Kier molecular flexibility index (Phi) is 9.11. The van der Waals surface area contributed by atoms with E-state index in [1.165, 1.54) is 0 Å². The Morgan fingerprint density at radius 2 is 2.09 bits per heavy atom. The van der Waals surface area contributed by atoms with Gasteiger partial charge in [0.15, 0.2) is 5.96 Å². The lowest BCUT2D eigenvalue weighted by Crippen LogP contribution is -2.40. The van der Waals surface area contributed by atoms with Crippen molar-refractivity contribution in [1.82, 2.24) is 15.4 Å². The average molecular weight is 430 g/mol. The number of nitrogens with zero attached hydrogens (tertiary/aromatic N) is 3. The van der Waals surface area contributed by atoms with Gasteiger partial charge in [0.05, 0.1) is 13.1 Å². The minimum absolute atomic E-state index is 0. The average Bonchev–Trinajstić information content (AvgIpc) is 3.05. The van der Waals surface area contributed by atoms with Gasteiger partial charge in [-0.3, -0.25) is 0 Å². The zero-order chi connectivity index (χ0) is 15.6. The van der Waals surface area contributed by atoms with Crippen LogP contribution in [0.2, 0.25) is 0 Å². The number of ether oxygens (including phenoxy) is 1. The number of guanidine groups is 1. The monoisotopic (exact) mass is 430 g/mol. The Balaban J connectivity index is 0.00000264. The fraction of sp³-hybridized carbons (Fsp3) is 0.375. The molecule has 1 aromatic carbocycles. The van der Waals surface area contributed by atoms with E-state index in [1.807, 2.05) is 55.3 Å². The lowest BCUT2D eigenvalue weighted by atomic mass is 10.3. The topological polar surface area (TPSA) is 62.9 Å². The quantitative estimate of drug-likeness (QED) is 0.416. The van der Waals surface area contributed by atoms with E-state index in [0.717, 1.165) is 30.5 Å². The lowest BCUT2D eigenvalue weighted by molar-refractivity contribution is 0.281. The van der Waals surface area contributed by atoms with E-state index in [9.17, 15) is 0 Å². The molecule has 0 aliphatic carbocycles. The molecule has 1 heterocycles. The van der Waals surface area contributed by atoms with Crippen molar-refractivity contribution in [3.8, 4) is 5.75 Å². The second-order valence-corrected chi connectivity index (χ2v) is 4.74. The van der Waals surface area contributed by atoms with Gasteiger partial charge in [-0.05, 0) is 19.1 Å². The highest BCUT2D eigenvalue weighted by molar-refractivity contribution is 14.0. The number of hydrogen-bond donors (Lipinski definition) is 1. The molecule has 0 radical (unpaired) electrons. The molecule has 6 nitrogen and oxygen atoms in total. The fourth-order valence-electron chi connectivity index (χ4n) is 1.87. The molecule has 2 rings (SSSR count). The predicted molar refractivity (Wildman–Crippen MR) is 101 cm³/mol. The number of benzene rings is 1. The van der Waals surface area contributed by atoms with Crippen molar-refractivity contribution in [3.05, 3.63) is 48.4 Å². The highest BCUT2D eigenvalue weighted by Crippen LogP contribution is 2.07. The number of hydrogen-bond acceptors (Lipinski definition) is 4. The van der Waals surface area contributed by atoms with Gasteiger partial charge in [-0.1, -0.05) is 23.4 Å². The van der Waals surface area contributed by atoms with Crippen LogP contribution in [0.3, 0.4) is 0 Å². The number of likely N-dealkylation sites (N-methyl/N-ethyl adjacent to an activating group) is 1. The number of rotatable bonds is 7. The number of halogens is 1.